The van der Waals surface area contributed by atoms with E-state index in [4.69, 9.17) is 4.74 Å². The number of nitrogens with zero attached hydrogens (tertiary/aromatic N) is 2. The molecule has 9 heteroatoms. The number of ether oxygens (including phenoxy) is 1. The molecule has 2 N–H and O–H groups in total. The van der Waals surface area contributed by atoms with Gasteiger partial charge in [-0.3, -0.25) is 4.99 Å². The first-order valence-electron chi connectivity index (χ1n) is 10.3. The summed E-state index contributed by atoms with van der Waals surface area (Å²) in [6, 6.07) is 9.29. The Morgan fingerprint density at radius 3 is 2.50 bits per heavy atom. The highest BCUT2D eigenvalue weighted by Gasteiger charge is 2.34. The van der Waals surface area contributed by atoms with Crippen LogP contribution in [0.5, 0.6) is 0 Å². The maximum Gasteiger partial charge on any atom is 0.410 e. The van der Waals surface area contributed by atoms with Crippen LogP contribution in [0.4, 0.5) is 4.79 Å². The Hall–Kier alpha value is -2.29. The van der Waals surface area contributed by atoms with Crippen LogP contribution in [0.15, 0.2) is 35.3 Å². The van der Waals surface area contributed by atoms with Crippen molar-refractivity contribution < 1.29 is 17.9 Å². The zero-order chi connectivity index (χ0) is 22.2. The number of hydrogen-bond acceptors (Lipinski definition) is 5. The van der Waals surface area contributed by atoms with Gasteiger partial charge in [0, 0.05) is 26.2 Å². The van der Waals surface area contributed by atoms with E-state index in [1.807, 2.05) is 58.0 Å². The van der Waals surface area contributed by atoms with Crippen molar-refractivity contribution in [3.8, 4) is 0 Å². The van der Waals surface area contributed by atoms with E-state index in [2.05, 4.69) is 15.6 Å². The van der Waals surface area contributed by atoms with Crippen molar-refractivity contribution in [3.63, 3.8) is 0 Å². The lowest BCUT2D eigenvalue weighted by molar-refractivity contribution is 0.00700. The SMILES string of the molecule is CCNC(=NCCCS(=O)(=O)Cc1ccccc1)NC1CN(C(=O)OC(C)(C)C)C1. The average molecular weight is 439 g/mol. The van der Waals surface area contributed by atoms with Crippen LogP contribution in [0.25, 0.3) is 0 Å². The number of likely N-dealkylation sites (tertiary alicyclic amines) is 1. The number of amides is 1. The number of guanidine groups is 1. The summed E-state index contributed by atoms with van der Waals surface area (Å²) >= 11 is 0. The fourth-order valence-electron chi connectivity index (χ4n) is 2.93. The van der Waals surface area contributed by atoms with Crippen LogP contribution < -0.4 is 10.6 Å². The van der Waals surface area contributed by atoms with Crippen LogP contribution >= 0.6 is 0 Å². The molecule has 0 bridgehead atoms. The molecule has 168 valence electrons. The summed E-state index contributed by atoms with van der Waals surface area (Å²) < 4.78 is 29.9. The topological polar surface area (TPSA) is 100 Å². The molecule has 0 atom stereocenters. The lowest BCUT2D eigenvalue weighted by Crippen LogP contribution is -2.63. The van der Waals surface area contributed by atoms with Gasteiger partial charge >= 0.3 is 6.09 Å². The van der Waals surface area contributed by atoms with Crippen LogP contribution in [-0.2, 0) is 20.3 Å². The Morgan fingerprint density at radius 2 is 1.90 bits per heavy atom. The molecule has 0 unspecified atom stereocenters. The highest BCUT2D eigenvalue weighted by atomic mass is 32.2. The van der Waals surface area contributed by atoms with Crippen molar-refractivity contribution in [1.82, 2.24) is 15.5 Å². The second-order valence-electron chi connectivity index (χ2n) is 8.42. The molecule has 1 saturated heterocycles. The number of carbonyl (C=O) groups excluding carboxylic acids is 1. The zero-order valence-electron chi connectivity index (χ0n) is 18.3. The molecule has 0 radical (unpaired) electrons. The molecule has 1 aromatic carbocycles. The van der Waals surface area contributed by atoms with Crippen LogP contribution in [0.3, 0.4) is 0 Å². The molecule has 1 aromatic rings. The predicted octanol–water partition coefficient (Wildman–Crippen LogP) is 2.17. The van der Waals surface area contributed by atoms with Crippen molar-refractivity contribution in [2.24, 2.45) is 4.99 Å². The molecule has 1 heterocycles. The van der Waals surface area contributed by atoms with Crippen LogP contribution in [0.1, 0.15) is 39.7 Å². The minimum atomic E-state index is -3.16. The lowest BCUT2D eigenvalue weighted by atomic mass is 10.1. The number of hydrogen-bond donors (Lipinski definition) is 2. The van der Waals surface area contributed by atoms with Gasteiger partial charge < -0.3 is 20.3 Å². The van der Waals surface area contributed by atoms with Crippen LogP contribution in [0, 0.1) is 0 Å². The summed E-state index contributed by atoms with van der Waals surface area (Å²) in [7, 11) is -3.16. The summed E-state index contributed by atoms with van der Waals surface area (Å²) in [4.78, 5) is 18.1. The number of nitrogens with one attached hydrogen (secondary N) is 2. The molecule has 2 rings (SSSR count). The Kier molecular flexibility index (Phi) is 8.52. The predicted molar refractivity (Wildman–Crippen MR) is 119 cm³/mol. The van der Waals surface area contributed by atoms with E-state index in [0.717, 1.165) is 5.56 Å². The molecule has 30 heavy (non-hydrogen) atoms. The number of sulfone groups is 1. The molecule has 1 amide bonds. The minimum Gasteiger partial charge on any atom is -0.444 e. The van der Waals surface area contributed by atoms with Crippen LogP contribution in [-0.4, -0.2) is 68.9 Å². The molecular formula is C21H34N4O4S. The van der Waals surface area contributed by atoms with Crippen molar-refractivity contribution in [1.29, 1.82) is 0 Å². The number of carbonyl (C=O) groups is 1. The maximum absolute atomic E-state index is 12.3. The van der Waals surface area contributed by atoms with Gasteiger partial charge in [-0.25, -0.2) is 13.2 Å². The molecule has 0 aromatic heterocycles. The van der Waals surface area contributed by atoms with Gasteiger partial charge in [-0.1, -0.05) is 30.3 Å². The highest BCUT2D eigenvalue weighted by molar-refractivity contribution is 7.90. The second-order valence-corrected chi connectivity index (χ2v) is 10.6. The van der Waals surface area contributed by atoms with E-state index in [-0.39, 0.29) is 23.6 Å². The van der Waals surface area contributed by atoms with Gasteiger partial charge in [0.05, 0.1) is 17.5 Å². The molecule has 8 nitrogen and oxygen atoms in total. The molecule has 1 fully saturated rings. The average Bonchev–Trinajstić information content (AvgIpc) is 2.60. The van der Waals surface area contributed by atoms with Gasteiger partial charge in [-0.15, -0.1) is 0 Å². The molecule has 0 saturated carbocycles. The van der Waals surface area contributed by atoms with Gasteiger partial charge in [-0.05, 0) is 39.7 Å². The number of benzene rings is 1. The van der Waals surface area contributed by atoms with E-state index in [1.54, 1.807) is 4.90 Å². The fraction of sp³-hybridized carbons (Fsp3) is 0.619. The summed E-state index contributed by atoms with van der Waals surface area (Å²) in [5, 5.41) is 6.44. The smallest absolute Gasteiger partial charge is 0.410 e. The van der Waals surface area contributed by atoms with Crippen molar-refractivity contribution in [2.75, 3.05) is 31.9 Å². The van der Waals surface area contributed by atoms with Crippen molar-refractivity contribution in [2.45, 2.75) is 51.5 Å². The Labute approximate surface area is 180 Å². The first-order chi connectivity index (χ1) is 14.1. The third kappa shape index (κ3) is 8.61. The van der Waals surface area contributed by atoms with Crippen LogP contribution in [0.2, 0.25) is 0 Å². The van der Waals surface area contributed by atoms with E-state index in [9.17, 15) is 13.2 Å². The third-order valence-corrected chi connectivity index (χ3v) is 6.01. The highest BCUT2D eigenvalue weighted by Crippen LogP contribution is 2.15. The standard InChI is InChI=1S/C21H34N4O4S/c1-5-22-19(24-18-14-25(15-18)20(26)29-21(2,3)4)23-12-9-13-30(27,28)16-17-10-7-6-8-11-17/h6-8,10-11,18H,5,9,12-16H2,1-4H3,(H2,22,23,24). The van der Waals surface area contributed by atoms with Gasteiger partial charge in [-0.2, -0.15) is 0 Å². The third-order valence-electron chi connectivity index (χ3n) is 4.33. The summed E-state index contributed by atoms with van der Waals surface area (Å²) in [5.41, 5.74) is 0.294. The maximum atomic E-state index is 12.3. The summed E-state index contributed by atoms with van der Waals surface area (Å²) in [6.07, 6.45) is 0.145. The fourth-order valence-corrected chi connectivity index (χ4v) is 4.35. The quantitative estimate of drug-likeness (QED) is 0.367. The first-order valence-corrected chi connectivity index (χ1v) is 12.2. The van der Waals surface area contributed by atoms with Crippen molar-refractivity contribution in [3.05, 3.63) is 35.9 Å². The van der Waals surface area contributed by atoms with Crippen molar-refractivity contribution >= 4 is 21.9 Å². The first kappa shape index (κ1) is 24.0. The van der Waals surface area contributed by atoms with Gasteiger partial charge in [0.15, 0.2) is 15.8 Å². The number of aliphatic imine (C=N–C) groups is 1. The number of rotatable bonds is 8. The minimum absolute atomic E-state index is 0.0540. The molecule has 0 aliphatic carbocycles. The lowest BCUT2D eigenvalue weighted by Gasteiger charge is -2.40. The van der Waals surface area contributed by atoms with Gasteiger partial charge in [0.2, 0.25) is 0 Å². The Morgan fingerprint density at radius 1 is 1.23 bits per heavy atom. The second kappa shape index (κ2) is 10.7. The Balaban J connectivity index is 1.75. The van der Waals surface area contributed by atoms with E-state index in [1.165, 1.54) is 0 Å². The summed E-state index contributed by atoms with van der Waals surface area (Å²) in [6.45, 7) is 9.70. The zero-order valence-corrected chi connectivity index (χ0v) is 19.2. The van der Waals surface area contributed by atoms with E-state index < -0.39 is 15.4 Å². The van der Waals surface area contributed by atoms with E-state index in [0.29, 0.717) is 38.6 Å². The largest absolute Gasteiger partial charge is 0.444 e. The normalized spacial score (nSPS) is 15.5. The van der Waals surface area contributed by atoms with Gasteiger partial charge in [0.25, 0.3) is 0 Å². The van der Waals surface area contributed by atoms with E-state index >= 15 is 0 Å². The molecule has 1 aliphatic heterocycles. The molecule has 1 aliphatic rings. The van der Waals surface area contributed by atoms with Gasteiger partial charge in [0.1, 0.15) is 5.60 Å². The molecular weight excluding hydrogens is 404 g/mol. The monoisotopic (exact) mass is 438 g/mol. The summed E-state index contributed by atoms with van der Waals surface area (Å²) in [5.74, 6) is 0.783. The Bertz CT molecular complexity index is 813. The molecule has 0 spiro atoms.